The minimum Gasteiger partial charge on any atom is -0.464 e. The van der Waals surface area contributed by atoms with Gasteiger partial charge in [-0.3, -0.25) is 4.98 Å². The Hall–Kier alpha value is -1.95. The number of thiazole rings is 1. The number of nitrogens with zero attached hydrogens (tertiary/aromatic N) is 2. The quantitative estimate of drug-likeness (QED) is 0.849. The Labute approximate surface area is 115 Å². The molecule has 0 saturated heterocycles. The second-order valence-electron chi connectivity index (χ2n) is 3.95. The van der Waals surface area contributed by atoms with Gasteiger partial charge in [-0.2, -0.15) is 0 Å². The van der Waals surface area contributed by atoms with Crippen LogP contribution < -0.4 is 5.32 Å². The second-order valence-corrected chi connectivity index (χ2v) is 5.16. The van der Waals surface area contributed by atoms with Crippen molar-refractivity contribution in [3.05, 3.63) is 40.7 Å². The summed E-state index contributed by atoms with van der Waals surface area (Å²) < 4.78 is 4.67. The third-order valence-electron chi connectivity index (χ3n) is 2.59. The number of methoxy groups -OCH3 is 1. The highest BCUT2D eigenvalue weighted by atomic mass is 32.1. The van der Waals surface area contributed by atoms with Crippen molar-refractivity contribution in [3.63, 3.8) is 0 Å². The van der Waals surface area contributed by atoms with Crippen LogP contribution in [0.1, 0.15) is 20.9 Å². The Kier molecular flexibility index (Phi) is 4.46. The Morgan fingerprint density at radius 3 is 3.05 bits per heavy atom. The van der Waals surface area contributed by atoms with Crippen molar-refractivity contribution in [1.29, 1.82) is 0 Å². The van der Waals surface area contributed by atoms with Crippen molar-refractivity contribution in [2.45, 2.75) is 13.3 Å². The number of rotatable bonds is 5. The molecular formula is C13H15N3O2S. The predicted molar refractivity (Wildman–Crippen MR) is 74.6 cm³/mol. The van der Waals surface area contributed by atoms with E-state index in [1.807, 2.05) is 25.3 Å². The first-order valence-corrected chi connectivity index (χ1v) is 6.71. The normalized spacial score (nSPS) is 10.2. The zero-order chi connectivity index (χ0) is 13.7. The third kappa shape index (κ3) is 3.51. The molecule has 0 radical (unpaired) electrons. The van der Waals surface area contributed by atoms with E-state index in [1.54, 1.807) is 6.20 Å². The van der Waals surface area contributed by atoms with Crippen molar-refractivity contribution >= 4 is 22.4 Å². The maximum absolute atomic E-state index is 11.4. The van der Waals surface area contributed by atoms with Gasteiger partial charge in [0.15, 0.2) is 10.8 Å². The van der Waals surface area contributed by atoms with Gasteiger partial charge in [-0.15, -0.1) is 11.3 Å². The molecule has 0 atom stereocenters. The Morgan fingerprint density at radius 1 is 1.53 bits per heavy atom. The minimum absolute atomic E-state index is 0.386. The number of aryl methyl sites for hydroxylation is 1. The molecular weight excluding hydrogens is 262 g/mol. The summed E-state index contributed by atoms with van der Waals surface area (Å²) in [5.74, 6) is -0.394. The second kappa shape index (κ2) is 6.29. The van der Waals surface area contributed by atoms with Crippen LogP contribution in [0.15, 0.2) is 24.5 Å². The molecule has 2 rings (SSSR count). The number of carbonyl (C=O) groups excluding carboxylic acids is 1. The summed E-state index contributed by atoms with van der Waals surface area (Å²) in [6.07, 6.45) is 4.46. The molecule has 100 valence electrons. The van der Waals surface area contributed by atoms with E-state index in [1.165, 1.54) is 18.4 Å². The molecule has 0 aromatic carbocycles. The molecule has 0 aliphatic heterocycles. The van der Waals surface area contributed by atoms with E-state index >= 15 is 0 Å². The van der Waals surface area contributed by atoms with Gasteiger partial charge in [0.1, 0.15) is 0 Å². The number of hydrogen-bond acceptors (Lipinski definition) is 6. The molecule has 0 spiro atoms. The zero-order valence-corrected chi connectivity index (χ0v) is 11.7. The molecule has 1 N–H and O–H groups in total. The van der Waals surface area contributed by atoms with Gasteiger partial charge in [-0.1, -0.05) is 6.07 Å². The summed E-state index contributed by atoms with van der Waals surface area (Å²) in [6.45, 7) is 2.61. The lowest BCUT2D eigenvalue weighted by Crippen LogP contribution is -2.06. The lowest BCUT2D eigenvalue weighted by atomic mass is 10.2. The Morgan fingerprint density at radius 2 is 2.37 bits per heavy atom. The molecule has 19 heavy (non-hydrogen) atoms. The van der Waals surface area contributed by atoms with Gasteiger partial charge < -0.3 is 10.1 Å². The standard InChI is InChI=1S/C13H15N3O2S/c1-9-11(12(17)18-2)16-13(19-9)15-7-5-10-4-3-6-14-8-10/h3-4,6,8H,5,7H2,1-2H3,(H,15,16). The summed E-state index contributed by atoms with van der Waals surface area (Å²) in [6, 6.07) is 3.94. The van der Waals surface area contributed by atoms with Gasteiger partial charge in [-0.05, 0) is 25.0 Å². The molecule has 0 aliphatic carbocycles. The average molecular weight is 277 g/mol. The molecule has 0 amide bonds. The highest BCUT2D eigenvalue weighted by Gasteiger charge is 2.15. The van der Waals surface area contributed by atoms with Crippen molar-refractivity contribution in [2.75, 3.05) is 19.0 Å². The number of anilines is 1. The number of esters is 1. The molecule has 0 saturated carbocycles. The smallest absolute Gasteiger partial charge is 0.357 e. The number of pyridine rings is 1. The van der Waals surface area contributed by atoms with Crippen LogP contribution in [0.4, 0.5) is 5.13 Å². The van der Waals surface area contributed by atoms with Crippen LogP contribution in [0.5, 0.6) is 0 Å². The van der Waals surface area contributed by atoms with Crippen molar-refractivity contribution in [3.8, 4) is 0 Å². The van der Waals surface area contributed by atoms with Gasteiger partial charge in [0.25, 0.3) is 0 Å². The molecule has 6 heteroatoms. The maximum Gasteiger partial charge on any atom is 0.357 e. The van der Waals surface area contributed by atoms with Gasteiger partial charge in [0, 0.05) is 23.8 Å². The summed E-state index contributed by atoms with van der Waals surface area (Å²) in [5, 5.41) is 3.94. The fourth-order valence-corrected chi connectivity index (χ4v) is 2.44. The van der Waals surface area contributed by atoms with Crippen LogP contribution in [-0.4, -0.2) is 29.6 Å². The predicted octanol–water partition coefficient (Wildman–Crippen LogP) is 2.29. The lowest BCUT2D eigenvalue weighted by molar-refractivity contribution is 0.0594. The van der Waals surface area contributed by atoms with Crippen molar-refractivity contribution in [2.24, 2.45) is 0 Å². The molecule has 5 nitrogen and oxygen atoms in total. The van der Waals surface area contributed by atoms with Gasteiger partial charge in [0.2, 0.25) is 0 Å². The van der Waals surface area contributed by atoms with Crippen LogP contribution in [0, 0.1) is 6.92 Å². The van der Waals surface area contributed by atoms with E-state index in [9.17, 15) is 4.79 Å². The highest BCUT2D eigenvalue weighted by Crippen LogP contribution is 2.22. The van der Waals surface area contributed by atoms with Crippen LogP contribution in [0.3, 0.4) is 0 Å². The number of carbonyl (C=O) groups is 1. The van der Waals surface area contributed by atoms with Gasteiger partial charge in [0.05, 0.1) is 7.11 Å². The van der Waals surface area contributed by atoms with Crippen LogP contribution >= 0.6 is 11.3 Å². The summed E-state index contributed by atoms with van der Waals surface area (Å²) in [4.78, 5) is 20.6. The molecule has 0 unspecified atom stereocenters. The highest BCUT2D eigenvalue weighted by molar-refractivity contribution is 7.15. The molecule has 2 heterocycles. The Bertz CT molecular complexity index is 554. The zero-order valence-electron chi connectivity index (χ0n) is 10.8. The van der Waals surface area contributed by atoms with E-state index < -0.39 is 5.97 Å². The molecule has 0 bridgehead atoms. The lowest BCUT2D eigenvalue weighted by Gasteiger charge is -2.02. The molecule has 2 aromatic heterocycles. The number of nitrogens with one attached hydrogen (secondary N) is 1. The molecule has 0 aliphatic rings. The van der Waals surface area contributed by atoms with Gasteiger partial charge >= 0.3 is 5.97 Å². The maximum atomic E-state index is 11.4. The van der Waals surface area contributed by atoms with Crippen LogP contribution in [0.25, 0.3) is 0 Å². The fraction of sp³-hybridized carbons (Fsp3) is 0.308. The average Bonchev–Trinajstić information content (AvgIpc) is 2.80. The topological polar surface area (TPSA) is 64.1 Å². The molecule has 0 fully saturated rings. The first-order chi connectivity index (χ1) is 9.20. The summed E-state index contributed by atoms with van der Waals surface area (Å²) in [5.41, 5.74) is 1.55. The minimum atomic E-state index is -0.394. The van der Waals surface area contributed by atoms with E-state index in [-0.39, 0.29) is 0 Å². The van der Waals surface area contributed by atoms with Crippen molar-refractivity contribution < 1.29 is 9.53 Å². The number of ether oxygens (including phenoxy) is 1. The van der Waals surface area contributed by atoms with E-state index in [0.29, 0.717) is 5.69 Å². The van der Waals surface area contributed by atoms with E-state index in [4.69, 9.17) is 0 Å². The van der Waals surface area contributed by atoms with E-state index in [2.05, 4.69) is 20.0 Å². The van der Waals surface area contributed by atoms with Crippen LogP contribution in [0.2, 0.25) is 0 Å². The fourth-order valence-electron chi connectivity index (χ4n) is 1.62. The summed E-state index contributed by atoms with van der Waals surface area (Å²) in [7, 11) is 1.36. The van der Waals surface area contributed by atoms with Gasteiger partial charge in [-0.25, -0.2) is 9.78 Å². The summed E-state index contributed by atoms with van der Waals surface area (Å²) >= 11 is 1.45. The van der Waals surface area contributed by atoms with Crippen LogP contribution in [-0.2, 0) is 11.2 Å². The first kappa shape index (κ1) is 13.5. The number of aromatic nitrogens is 2. The van der Waals surface area contributed by atoms with Crippen molar-refractivity contribution in [1.82, 2.24) is 9.97 Å². The largest absolute Gasteiger partial charge is 0.464 e. The monoisotopic (exact) mass is 277 g/mol. The number of hydrogen-bond donors (Lipinski definition) is 1. The SMILES string of the molecule is COC(=O)c1nc(NCCc2cccnc2)sc1C. The third-order valence-corrected chi connectivity index (χ3v) is 3.52. The Balaban J connectivity index is 1.92. The van der Waals surface area contributed by atoms with E-state index in [0.717, 1.165) is 28.5 Å². The molecule has 2 aromatic rings. The first-order valence-electron chi connectivity index (χ1n) is 5.89.